The molecule has 2 N–H and O–H groups in total. The van der Waals surface area contributed by atoms with Crippen molar-refractivity contribution in [3.8, 4) is 0 Å². The van der Waals surface area contributed by atoms with Crippen LogP contribution in [0.1, 0.15) is 12.8 Å². The van der Waals surface area contributed by atoms with Crippen molar-refractivity contribution in [2.45, 2.75) is 18.9 Å². The Morgan fingerprint density at radius 2 is 2.13 bits per heavy atom. The zero-order chi connectivity index (χ0) is 11.3. The first-order valence-electron chi connectivity index (χ1n) is 5.34. The van der Waals surface area contributed by atoms with Crippen molar-refractivity contribution in [3.63, 3.8) is 0 Å². The zero-order valence-electron chi connectivity index (χ0n) is 9.49. The molecule has 0 aliphatic carbocycles. The van der Waals surface area contributed by atoms with Gasteiger partial charge in [0.2, 0.25) is 10.0 Å². The Hall–Kier alpha value is -0.170. The third-order valence-electron chi connectivity index (χ3n) is 2.55. The van der Waals surface area contributed by atoms with Gasteiger partial charge in [0, 0.05) is 25.7 Å². The second kappa shape index (κ2) is 5.79. The molecule has 1 rings (SSSR count). The Morgan fingerprint density at radius 1 is 1.40 bits per heavy atom. The Morgan fingerprint density at radius 3 is 2.73 bits per heavy atom. The van der Waals surface area contributed by atoms with E-state index in [1.54, 1.807) is 0 Å². The predicted octanol–water partition coefficient (Wildman–Crippen LogP) is -0.781. The van der Waals surface area contributed by atoms with E-state index < -0.39 is 10.0 Å². The van der Waals surface area contributed by atoms with Gasteiger partial charge in [0.1, 0.15) is 0 Å². The molecule has 0 spiro atoms. The smallest absolute Gasteiger partial charge is 0.208 e. The summed E-state index contributed by atoms with van der Waals surface area (Å²) in [5.74, 6) is 0. The maximum Gasteiger partial charge on any atom is 0.208 e. The van der Waals surface area contributed by atoms with E-state index in [4.69, 9.17) is 0 Å². The summed E-state index contributed by atoms with van der Waals surface area (Å²) in [6.45, 7) is 3.39. The third kappa shape index (κ3) is 6.09. The van der Waals surface area contributed by atoms with Gasteiger partial charge in [-0.3, -0.25) is 0 Å². The highest BCUT2D eigenvalue weighted by atomic mass is 32.2. The molecule has 1 fully saturated rings. The van der Waals surface area contributed by atoms with Crippen molar-refractivity contribution >= 4 is 10.0 Å². The molecule has 0 aromatic rings. The van der Waals surface area contributed by atoms with Gasteiger partial charge in [-0.25, -0.2) is 13.1 Å². The fraction of sp³-hybridized carbons (Fsp3) is 1.00. The average Bonchev–Trinajstić information content (AvgIpc) is 2.11. The van der Waals surface area contributed by atoms with Gasteiger partial charge in [-0.2, -0.15) is 0 Å². The van der Waals surface area contributed by atoms with Crippen LogP contribution in [0.4, 0.5) is 0 Å². The fourth-order valence-corrected chi connectivity index (χ4v) is 2.32. The predicted molar refractivity (Wildman–Crippen MR) is 61.4 cm³/mol. The topological polar surface area (TPSA) is 61.4 Å². The van der Waals surface area contributed by atoms with Crippen LogP contribution in [0.25, 0.3) is 0 Å². The van der Waals surface area contributed by atoms with Gasteiger partial charge in [0.25, 0.3) is 0 Å². The highest BCUT2D eigenvalue weighted by Crippen LogP contribution is 2.06. The monoisotopic (exact) mass is 235 g/mol. The normalized spacial score (nSPS) is 24.3. The minimum Gasteiger partial charge on any atom is -0.311 e. The molecule has 90 valence electrons. The summed E-state index contributed by atoms with van der Waals surface area (Å²) < 4.78 is 24.0. The van der Waals surface area contributed by atoms with Gasteiger partial charge in [0.15, 0.2) is 0 Å². The van der Waals surface area contributed by atoms with Crippen molar-refractivity contribution in [2.24, 2.45) is 0 Å². The molecule has 5 nitrogen and oxygen atoms in total. The molecule has 0 amide bonds. The lowest BCUT2D eigenvalue weighted by molar-refractivity contribution is 0.228. The lowest BCUT2D eigenvalue weighted by atomic mass is 10.1. The molecule has 0 radical (unpaired) electrons. The summed E-state index contributed by atoms with van der Waals surface area (Å²) in [5, 5.41) is 3.36. The Balaban J connectivity index is 2.09. The Kier molecular flexibility index (Phi) is 4.98. The minimum absolute atomic E-state index is 0.471. The first-order valence-corrected chi connectivity index (χ1v) is 7.23. The molecule has 0 aromatic heterocycles. The van der Waals surface area contributed by atoms with Crippen molar-refractivity contribution < 1.29 is 8.42 Å². The van der Waals surface area contributed by atoms with Crippen molar-refractivity contribution in [1.29, 1.82) is 0 Å². The van der Waals surface area contributed by atoms with E-state index >= 15 is 0 Å². The average molecular weight is 235 g/mol. The molecule has 1 atom stereocenters. The van der Waals surface area contributed by atoms with Crippen LogP contribution in [0.2, 0.25) is 0 Å². The molecule has 1 aliphatic heterocycles. The number of likely N-dealkylation sites (tertiary alicyclic amines) is 1. The summed E-state index contributed by atoms with van der Waals surface area (Å²) in [7, 11) is -0.925. The van der Waals surface area contributed by atoms with Crippen LogP contribution in [0.3, 0.4) is 0 Å². The maximum atomic E-state index is 10.8. The Labute approximate surface area is 92.3 Å². The van der Waals surface area contributed by atoms with E-state index in [1.807, 2.05) is 0 Å². The van der Waals surface area contributed by atoms with Crippen LogP contribution >= 0.6 is 0 Å². The van der Waals surface area contributed by atoms with E-state index in [2.05, 4.69) is 22.0 Å². The molecule has 6 heteroatoms. The minimum atomic E-state index is -3.04. The second-order valence-corrected chi connectivity index (χ2v) is 6.06. The highest BCUT2D eigenvalue weighted by Gasteiger charge is 2.15. The van der Waals surface area contributed by atoms with Crippen LogP contribution in [0.5, 0.6) is 0 Å². The first kappa shape index (κ1) is 12.9. The van der Waals surface area contributed by atoms with E-state index in [0.29, 0.717) is 19.1 Å². The molecule has 0 bridgehead atoms. The molecule has 0 aromatic carbocycles. The molecule has 1 aliphatic rings. The lowest BCUT2D eigenvalue weighted by Crippen LogP contribution is -2.46. The summed E-state index contributed by atoms with van der Waals surface area (Å²) in [6, 6.07) is 0.505. The van der Waals surface area contributed by atoms with E-state index in [-0.39, 0.29) is 0 Å². The van der Waals surface area contributed by atoms with E-state index in [9.17, 15) is 8.42 Å². The second-order valence-electron chi connectivity index (χ2n) is 4.22. The van der Waals surface area contributed by atoms with Crippen molar-refractivity contribution in [2.75, 3.05) is 39.5 Å². The molecule has 1 saturated heterocycles. The van der Waals surface area contributed by atoms with Crippen LogP contribution in [0, 0.1) is 0 Å². The molecular weight excluding hydrogens is 214 g/mol. The standard InChI is InChI=1S/C9H21N3O2S/c1-12-7-3-4-9(8-12)10-5-6-11-15(2,13)14/h9-11H,3-8H2,1-2H3. The van der Waals surface area contributed by atoms with Crippen LogP contribution in [0.15, 0.2) is 0 Å². The van der Waals surface area contributed by atoms with E-state index in [1.165, 1.54) is 25.6 Å². The van der Waals surface area contributed by atoms with Crippen LogP contribution in [-0.2, 0) is 10.0 Å². The van der Waals surface area contributed by atoms with Crippen molar-refractivity contribution in [1.82, 2.24) is 14.9 Å². The number of hydrogen-bond donors (Lipinski definition) is 2. The Bertz CT molecular complexity index is 279. The number of piperidine rings is 1. The van der Waals surface area contributed by atoms with Crippen LogP contribution in [-0.4, -0.2) is 58.8 Å². The number of rotatable bonds is 5. The highest BCUT2D eigenvalue weighted by molar-refractivity contribution is 7.88. The number of nitrogens with zero attached hydrogens (tertiary/aromatic N) is 1. The molecule has 15 heavy (non-hydrogen) atoms. The van der Waals surface area contributed by atoms with E-state index in [0.717, 1.165) is 6.54 Å². The summed E-state index contributed by atoms with van der Waals surface area (Å²) in [5.41, 5.74) is 0. The number of hydrogen-bond acceptors (Lipinski definition) is 4. The summed E-state index contributed by atoms with van der Waals surface area (Å²) in [4.78, 5) is 2.30. The first-order chi connectivity index (χ1) is 6.97. The summed E-state index contributed by atoms with van der Waals surface area (Å²) in [6.07, 6.45) is 3.58. The molecule has 0 saturated carbocycles. The maximum absolute atomic E-state index is 10.8. The van der Waals surface area contributed by atoms with Gasteiger partial charge in [-0.05, 0) is 26.4 Å². The van der Waals surface area contributed by atoms with Crippen molar-refractivity contribution in [3.05, 3.63) is 0 Å². The largest absolute Gasteiger partial charge is 0.311 e. The molecular formula is C9H21N3O2S. The van der Waals surface area contributed by atoms with Gasteiger partial charge < -0.3 is 10.2 Å². The SMILES string of the molecule is CN1CCCC(NCCNS(C)(=O)=O)C1. The molecule has 1 heterocycles. The third-order valence-corrected chi connectivity index (χ3v) is 3.28. The number of nitrogens with one attached hydrogen (secondary N) is 2. The molecule has 1 unspecified atom stereocenters. The summed E-state index contributed by atoms with van der Waals surface area (Å²) >= 11 is 0. The van der Waals surface area contributed by atoms with Gasteiger partial charge in [0.05, 0.1) is 6.26 Å². The lowest BCUT2D eigenvalue weighted by Gasteiger charge is -2.30. The van der Waals surface area contributed by atoms with Crippen LogP contribution < -0.4 is 10.0 Å². The van der Waals surface area contributed by atoms with Gasteiger partial charge in [-0.15, -0.1) is 0 Å². The number of sulfonamides is 1. The van der Waals surface area contributed by atoms with Gasteiger partial charge in [-0.1, -0.05) is 0 Å². The fourth-order valence-electron chi connectivity index (χ4n) is 1.85. The number of likely N-dealkylation sites (N-methyl/N-ethyl adjacent to an activating group) is 1. The quantitative estimate of drug-likeness (QED) is 0.614. The zero-order valence-corrected chi connectivity index (χ0v) is 10.3. The van der Waals surface area contributed by atoms with Gasteiger partial charge >= 0.3 is 0 Å².